The molecule has 26 rings (SSSR count). The van der Waals surface area contributed by atoms with Crippen LogP contribution in [0.3, 0.4) is 0 Å². The second-order valence-corrected chi connectivity index (χ2v) is 29.7. The molecule has 23 aliphatic heterocycles. The van der Waals surface area contributed by atoms with E-state index in [4.69, 9.17) is 66.3 Å². The lowest BCUT2D eigenvalue weighted by molar-refractivity contribution is -0.396. The number of carbonyl (C=O) groups excluding carboxylic acids is 4. The summed E-state index contributed by atoms with van der Waals surface area (Å²) in [5, 5.41) is 228. The number of likely N-dealkylation sites (N-methyl/N-ethyl adjacent to an activating group) is 1. The van der Waals surface area contributed by atoms with Gasteiger partial charge in [-0.15, -0.1) is 0 Å². The van der Waals surface area contributed by atoms with Crippen molar-refractivity contribution in [1.82, 2.24) is 19.6 Å². The topological polar surface area (TPSA) is 615 Å². The van der Waals surface area contributed by atoms with Crippen LogP contribution in [0.4, 0.5) is 0 Å². The van der Waals surface area contributed by atoms with Gasteiger partial charge in [-0.3, -0.25) is 29.0 Å². The average molecular weight is 1600 g/mol. The molecule has 0 saturated carbocycles. The predicted molar refractivity (Wildman–Crippen MR) is 362 cm³/mol. The van der Waals surface area contributed by atoms with Crippen molar-refractivity contribution in [2.24, 2.45) is 5.92 Å². The van der Waals surface area contributed by atoms with Crippen LogP contribution in [-0.2, 0) is 66.3 Å². The highest BCUT2D eigenvalue weighted by atomic mass is 16.8. The third kappa shape index (κ3) is 16.3. The summed E-state index contributed by atoms with van der Waals surface area (Å²) in [6, 6.07) is 5.75. The highest BCUT2D eigenvalue weighted by Crippen LogP contribution is 2.42. The second-order valence-electron chi connectivity index (χ2n) is 29.7. The first kappa shape index (κ1) is 84.9. The van der Waals surface area contributed by atoms with Gasteiger partial charge in [-0.2, -0.15) is 0 Å². The summed E-state index contributed by atoms with van der Waals surface area (Å²) in [6.45, 7) is -5.78. The van der Waals surface area contributed by atoms with Gasteiger partial charge in [0.25, 0.3) is 23.6 Å². The minimum Gasteiger partial charge on any atom is -0.394 e. The van der Waals surface area contributed by atoms with Crippen LogP contribution in [0.15, 0.2) is 48.6 Å². The van der Waals surface area contributed by atoms with Crippen LogP contribution in [0.25, 0.3) is 10.8 Å². The van der Waals surface area contributed by atoms with E-state index in [2.05, 4.69) is 17.1 Å². The Bertz CT molecular complexity index is 3570. The molecule has 4 amide bonds. The molecule has 23 heterocycles. The molecule has 20 N–H and O–H groups in total. The highest BCUT2D eigenvalue weighted by molar-refractivity contribution is 6.33. The van der Waals surface area contributed by atoms with Gasteiger partial charge < -0.3 is 178 Å². The van der Waals surface area contributed by atoms with Crippen molar-refractivity contribution in [3.05, 3.63) is 70.8 Å². The highest BCUT2D eigenvalue weighted by Gasteiger charge is 2.60. The third-order valence-corrected chi connectivity index (χ3v) is 22.4. The quantitative estimate of drug-likeness (QED) is 0.0616. The van der Waals surface area contributed by atoms with Gasteiger partial charge in [0.15, 0.2) is 44.0 Å². The lowest BCUT2D eigenvalue weighted by Crippen LogP contribution is -2.68. The van der Waals surface area contributed by atoms with Crippen LogP contribution in [0, 0.1) is 5.92 Å². The summed E-state index contributed by atoms with van der Waals surface area (Å²) in [4.78, 5) is 62.8. The van der Waals surface area contributed by atoms with E-state index in [1.807, 2.05) is 19.2 Å². The number of benzene rings is 2. The van der Waals surface area contributed by atoms with Gasteiger partial charge in [0.05, 0.1) is 39.6 Å². The predicted octanol–water partition coefficient (Wildman–Crippen LogP) is -11.8. The van der Waals surface area contributed by atoms with E-state index in [-0.39, 0.29) is 65.0 Å². The molecule has 42 heteroatoms. The van der Waals surface area contributed by atoms with E-state index in [9.17, 15) is 121 Å². The number of aliphatic hydroxyl groups is 20. The largest absolute Gasteiger partial charge is 0.394 e. The van der Waals surface area contributed by atoms with Crippen LogP contribution in [0.1, 0.15) is 54.3 Å². The summed E-state index contributed by atoms with van der Waals surface area (Å²) >= 11 is 0. The minimum atomic E-state index is -2.29. The Morgan fingerprint density at radius 1 is 0.295 bits per heavy atom. The van der Waals surface area contributed by atoms with Gasteiger partial charge in [-0.1, -0.05) is 24.3 Å². The molecule has 0 radical (unpaired) electrons. The molecule has 42 nitrogen and oxygen atoms in total. The Morgan fingerprint density at radius 2 is 0.500 bits per heavy atom. The zero-order valence-electron chi connectivity index (χ0n) is 60.4. The molecule has 2 aromatic rings. The van der Waals surface area contributed by atoms with Gasteiger partial charge in [0.2, 0.25) is 0 Å². The maximum absolute atomic E-state index is 14.5. The molecule has 21 fully saturated rings. The molecular weight excluding hydrogens is 1500 g/mol. The first-order chi connectivity index (χ1) is 53.6. The Labute approximate surface area is 637 Å². The second kappa shape index (κ2) is 35.7. The Kier molecular flexibility index (Phi) is 27.1. The van der Waals surface area contributed by atoms with Gasteiger partial charge in [0, 0.05) is 65.1 Å². The number of amides is 4. The molecule has 112 heavy (non-hydrogen) atoms. The maximum atomic E-state index is 14.5. The van der Waals surface area contributed by atoms with Crippen LogP contribution < -0.4 is 0 Å². The van der Waals surface area contributed by atoms with Crippen LogP contribution in [0.2, 0.25) is 0 Å². The number of rotatable bonds is 18. The monoisotopic (exact) mass is 1600 g/mol. The van der Waals surface area contributed by atoms with Crippen LogP contribution >= 0.6 is 0 Å². The fourth-order valence-corrected chi connectivity index (χ4v) is 16.2. The van der Waals surface area contributed by atoms with Crippen molar-refractivity contribution in [2.45, 2.75) is 228 Å². The molecular formula is C70H98N4O38. The zero-order chi connectivity index (χ0) is 80.3. The molecule has 1 aliphatic carbocycles. The smallest absolute Gasteiger partial charge is 0.261 e. The molecule has 0 spiro atoms. The van der Waals surface area contributed by atoms with E-state index in [1.54, 1.807) is 0 Å². The first-order valence-electron chi connectivity index (χ1n) is 37.0. The van der Waals surface area contributed by atoms with Crippen molar-refractivity contribution in [3.63, 3.8) is 0 Å². The molecule has 0 aromatic heterocycles. The lowest BCUT2D eigenvalue weighted by Gasteiger charge is -2.50. The Hall–Kier alpha value is -4.98. The number of nitrogens with zero attached hydrogens (tertiary/aromatic N) is 4. The zero-order valence-corrected chi connectivity index (χ0v) is 60.4. The summed E-state index contributed by atoms with van der Waals surface area (Å²) < 4.78 is 82.4. The number of carbonyl (C=O) groups is 4. The SMILES string of the molecule is CN(CCCN1C(=O)c2ccc3c4c(ccc(c24)C1=O)C(=O)N(CCCN(C)C[C@H]1O[C@@H]2O[C@H]4[C@H](O)[C@@H](O)[C@@H](O[C@H]5[C@H](O)[C@@H](O)[C@@H](O[C@H]6[C@H](O)[C@@H](O)[C@@H](O[C@H]7[C@H](O)[C@@H](O)[C@@H](O[C@H]8[C@H](O)[C@@H](O)[C@@H](O[C@H]9[C@H](O)C(O)[C@@H](O[C@H]1[C@H](O)[C@H]2O)O[C@@H]9CO)O[C@@H]8CO)O[C@@H]7CO)O[C@@H]6CO)O[C@@H]5CO)O[C@@H]4CO)C3=O)CC1C=CC=C1. The number of hydrogen-bond acceptors (Lipinski definition) is 40. The van der Waals surface area contributed by atoms with Crippen molar-refractivity contribution in [1.29, 1.82) is 0 Å². The third-order valence-electron chi connectivity index (χ3n) is 22.4. The number of allylic oxidation sites excluding steroid dienone is 2. The van der Waals surface area contributed by atoms with E-state index in [0.717, 1.165) is 16.3 Å². The summed E-state index contributed by atoms with van der Waals surface area (Å²) in [7, 11) is 3.45. The van der Waals surface area contributed by atoms with Crippen molar-refractivity contribution < 1.29 is 188 Å². The molecule has 2 aromatic carbocycles. The number of imide groups is 2. The van der Waals surface area contributed by atoms with Crippen molar-refractivity contribution in [2.75, 3.05) is 93.0 Å². The number of ether oxygens (including phenoxy) is 14. The normalized spacial score (nSPS) is 43.6. The summed E-state index contributed by atoms with van der Waals surface area (Å²) in [6.07, 6.45) is -63.6. The maximum Gasteiger partial charge on any atom is 0.261 e. The van der Waals surface area contributed by atoms with E-state index in [0.29, 0.717) is 13.0 Å². The van der Waals surface area contributed by atoms with E-state index >= 15 is 0 Å². The standard InChI is InChI=1S/C70H98N4O38/c1-71(17-25-7-3-4-8-25)13-5-15-73-60(95)26-9-11-28-38-29(12-10-27(37(26)38)61(73)96)63(98)74(62(28)97)16-6-14-72(2)18-30-53-39(81)46(88)64(99-30)107-54-31(19-75)101-66(48(90)41(54)83)109-56-33(21-77)103-68(50(92)43(56)85)111-58-35(23-79)105-70(52(94)45(58)87)112-59-36(24-80)104-69(51(93)44(59)86)110-57-34(22-78)102-67(49(91)42(57)84)108-55-32(20-76)100-65(106-53)47(89)40(55)82/h3-4,7-12,25,30-36,39-59,64-70,75-94H,5-6,13-24H2,1-2H3/t30-,31-,32-,33-,34-,35-,36-,39-,40-,41-,42-,43-,44-,45-,46-,47?,48-,49-,50-,51-,52-,53-,54-,55-,56-,57-,58-,59-,64-,65-,66-,67-,68-,69-,70-/m1/s1. The van der Waals surface area contributed by atoms with E-state index < -0.39 is 285 Å². The molecule has 24 aliphatic rings. The van der Waals surface area contributed by atoms with E-state index in [1.165, 1.54) is 36.2 Å². The van der Waals surface area contributed by atoms with Gasteiger partial charge >= 0.3 is 0 Å². The van der Waals surface area contributed by atoms with Crippen LogP contribution in [-0.4, -0.2) is 453 Å². The average Bonchev–Trinajstić information content (AvgIpc) is 0.734. The summed E-state index contributed by atoms with van der Waals surface area (Å²) in [5.74, 6) is -2.40. The molecule has 626 valence electrons. The van der Waals surface area contributed by atoms with Gasteiger partial charge in [0.1, 0.15) is 171 Å². The van der Waals surface area contributed by atoms with Gasteiger partial charge in [-0.05, 0) is 64.3 Å². The first-order valence-corrected chi connectivity index (χ1v) is 37.0. The Morgan fingerprint density at radius 3 is 0.723 bits per heavy atom. The fraction of sp³-hybridized carbons (Fsp3) is 0.743. The van der Waals surface area contributed by atoms with Crippen LogP contribution in [0.5, 0.6) is 0 Å². The number of hydrogen-bond donors (Lipinski definition) is 20. The van der Waals surface area contributed by atoms with Crippen molar-refractivity contribution >= 4 is 34.4 Å². The number of aliphatic hydroxyl groups excluding tert-OH is 20. The summed E-state index contributed by atoms with van der Waals surface area (Å²) in [5.41, 5.74) is 0.375. The molecule has 21 saturated heterocycles. The lowest BCUT2D eigenvalue weighted by atomic mass is 9.86. The Balaban J connectivity index is 0.744. The molecule has 1 unspecified atom stereocenters. The van der Waals surface area contributed by atoms with Crippen molar-refractivity contribution in [3.8, 4) is 0 Å². The molecule has 14 bridgehead atoms. The van der Waals surface area contributed by atoms with Gasteiger partial charge in [-0.25, -0.2) is 0 Å². The molecule has 35 atom stereocenters. The minimum absolute atomic E-state index is 0.00170. The fourth-order valence-electron chi connectivity index (χ4n) is 16.2.